The standard InChI is InChI=1S/C15H14F3NO/c16-12-5-1-10(2-6-12)9-14(19)11-3-7-13(8-4-11)20-15(17)18/h1-8,14-15H,9,19H2. The summed E-state index contributed by atoms with van der Waals surface area (Å²) in [6.45, 7) is -2.84. The molecule has 0 saturated heterocycles. The first kappa shape index (κ1) is 14.4. The van der Waals surface area contributed by atoms with Gasteiger partial charge >= 0.3 is 6.61 Å². The lowest BCUT2D eigenvalue weighted by Gasteiger charge is -2.13. The minimum absolute atomic E-state index is 0.0951. The zero-order valence-electron chi connectivity index (χ0n) is 10.6. The molecule has 0 saturated carbocycles. The molecule has 2 aromatic carbocycles. The fourth-order valence-corrected chi connectivity index (χ4v) is 1.89. The zero-order valence-corrected chi connectivity index (χ0v) is 10.6. The first-order valence-electron chi connectivity index (χ1n) is 6.09. The van der Waals surface area contributed by atoms with Gasteiger partial charge in [-0.1, -0.05) is 24.3 Å². The quantitative estimate of drug-likeness (QED) is 0.907. The van der Waals surface area contributed by atoms with Crippen LogP contribution in [-0.4, -0.2) is 6.61 Å². The summed E-state index contributed by atoms with van der Waals surface area (Å²) in [5.41, 5.74) is 7.74. The molecular weight excluding hydrogens is 267 g/mol. The molecule has 0 fully saturated rings. The molecule has 106 valence electrons. The van der Waals surface area contributed by atoms with E-state index in [4.69, 9.17) is 5.73 Å². The predicted octanol–water partition coefficient (Wildman–Crippen LogP) is 3.67. The van der Waals surface area contributed by atoms with Crippen LogP contribution in [0.3, 0.4) is 0 Å². The normalized spacial score (nSPS) is 12.4. The molecule has 0 spiro atoms. The van der Waals surface area contributed by atoms with Crippen molar-refractivity contribution in [1.82, 2.24) is 0 Å². The van der Waals surface area contributed by atoms with Gasteiger partial charge in [0.2, 0.25) is 0 Å². The van der Waals surface area contributed by atoms with Gasteiger partial charge in [-0.15, -0.1) is 0 Å². The summed E-state index contributed by atoms with van der Waals surface area (Å²) in [6.07, 6.45) is 0.537. The molecule has 0 aliphatic heterocycles. The number of halogens is 3. The van der Waals surface area contributed by atoms with Crippen molar-refractivity contribution in [2.24, 2.45) is 5.73 Å². The van der Waals surface area contributed by atoms with Crippen molar-refractivity contribution in [3.05, 3.63) is 65.5 Å². The topological polar surface area (TPSA) is 35.2 Å². The van der Waals surface area contributed by atoms with E-state index in [1.807, 2.05) is 0 Å². The number of hydrogen-bond donors (Lipinski definition) is 1. The van der Waals surface area contributed by atoms with Gasteiger partial charge in [0.15, 0.2) is 0 Å². The van der Waals surface area contributed by atoms with Gasteiger partial charge in [-0.05, 0) is 41.8 Å². The van der Waals surface area contributed by atoms with Crippen LogP contribution in [0.15, 0.2) is 48.5 Å². The average Bonchev–Trinajstić information content (AvgIpc) is 2.41. The van der Waals surface area contributed by atoms with Gasteiger partial charge in [0.05, 0.1) is 0 Å². The van der Waals surface area contributed by atoms with Crippen LogP contribution < -0.4 is 10.5 Å². The van der Waals surface area contributed by atoms with Crippen molar-refractivity contribution in [2.45, 2.75) is 19.1 Å². The van der Waals surface area contributed by atoms with Crippen molar-refractivity contribution in [1.29, 1.82) is 0 Å². The summed E-state index contributed by atoms with van der Waals surface area (Å²) < 4.78 is 41.1. The molecule has 1 unspecified atom stereocenters. The van der Waals surface area contributed by atoms with Crippen molar-refractivity contribution in [3.63, 3.8) is 0 Å². The molecule has 2 rings (SSSR count). The van der Waals surface area contributed by atoms with Gasteiger partial charge in [-0.25, -0.2) is 4.39 Å². The third-order valence-corrected chi connectivity index (χ3v) is 2.90. The third kappa shape index (κ3) is 3.99. The van der Waals surface area contributed by atoms with Gasteiger partial charge in [0.25, 0.3) is 0 Å². The Kier molecular flexibility index (Phi) is 4.63. The fourth-order valence-electron chi connectivity index (χ4n) is 1.89. The van der Waals surface area contributed by atoms with Gasteiger partial charge in [0, 0.05) is 6.04 Å². The van der Waals surface area contributed by atoms with Crippen LogP contribution in [0.5, 0.6) is 5.75 Å². The summed E-state index contributed by atoms with van der Waals surface area (Å²) in [7, 11) is 0. The largest absolute Gasteiger partial charge is 0.435 e. The van der Waals surface area contributed by atoms with Crippen molar-refractivity contribution >= 4 is 0 Å². The molecule has 20 heavy (non-hydrogen) atoms. The fraction of sp³-hybridized carbons (Fsp3) is 0.200. The summed E-state index contributed by atoms with van der Waals surface area (Å²) in [5, 5.41) is 0. The molecule has 0 aromatic heterocycles. The van der Waals surface area contributed by atoms with E-state index in [2.05, 4.69) is 4.74 Å². The molecule has 0 bridgehead atoms. The maximum absolute atomic E-state index is 12.8. The number of hydrogen-bond acceptors (Lipinski definition) is 2. The highest BCUT2D eigenvalue weighted by molar-refractivity contribution is 5.30. The molecule has 0 radical (unpaired) electrons. The Morgan fingerprint density at radius 1 is 0.950 bits per heavy atom. The van der Waals surface area contributed by atoms with E-state index in [-0.39, 0.29) is 17.6 Å². The summed E-state index contributed by atoms with van der Waals surface area (Å²) in [4.78, 5) is 0. The highest BCUT2D eigenvalue weighted by Crippen LogP contribution is 2.20. The Morgan fingerprint density at radius 2 is 1.55 bits per heavy atom. The van der Waals surface area contributed by atoms with E-state index in [0.717, 1.165) is 11.1 Å². The lowest BCUT2D eigenvalue weighted by atomic mass is 10.00. The number of nitrogens with two attached hydrogens (primary N) is 1. The second-order valence-electron chi connectivity index (χ2n) is 4.38. The van der Waals surface area contributed by atoms with Crippen molar-refractivity contribution in [2.75, 3.05) is 0 Å². The van der Waals surface area contributed by atoms with Gasteiger partial charge in [0.1, 0.15) is 11.6 Å². The monoisotopic (exact) mass is 281 g/mol. The van der Waals surface area contributed by atoms with Gasteiger partial charge < -0.3 is 10.5 Å². The summed E-state index contributed by atoms with van der Waals surface area (Å²) in [6, 6.07) is 12.0. The third-order valence-electron chi connectivity index (χ3n) is 2.90. The van der Waals surface area contributed by atoms with Crippen LogP contribution in [0.2, 0.25) is 0 Å². The van der Waals surface area contributed by atoms with Gasteiger partial charge in [-0.2, -0.15) is 8.78 Å². The molecule has 2 aromatic rings. The SMILES string of the molecule is NC(Cc1ccc(F)cc1)c1ccc(OC(F)F)cc1. The second kappa shape index (κ2) is 6.43. The van der Waals surface area contributed by atoms with E-state index in [9.17, 15) is 13.2 Å². The Balaban J connectivity index is 2.01. The Labute approximate surface area is 115 Å². The smallest absolute Gasteiger partial charge is 0.387 e. The van der Waals surface area contributed by atoms with E-state index in [1.54, 1.807) is 24.3 Å². The lowest BCUT2D eigenvalue weighted by Crippen LogP contribution is -2.13. The van der Waals surface area contributed by atoms with E-state index in [0.29, 0.717) is 6.42 Å². The van der Waals surface area contributed by atoms with Gasteiger partial charge in [-0.3, -0.25) is 0 Å². The first-order valence-corrected chi connectivity index (χ1v) is 6.09. The number of rotatable bonds is 5. The van der Waals surface area contributed by atoms with Crippen LogP contribution in [0, 0.1) is 5.82 Å². The highest BCUT2D eigenvalue weighted by Gasteiger charge is 2.09. The number of ether oxygens (including phenoxy) is 1. The molecule has 2 nitrogen and oxygen atoms in total. The van der Waals surface area contributed by atoms with Crippen molar-refractivity contribution in [3.8, 4) is 5.75 Å². The second-order valence-corrected chi connectivity index (χ2v) is 4.38. The van der Waals surface area contributed by atoms with E-state index >= 15 is 0 Å². The van der Waals surface area contributed by atoms with Crippen LogP contribution in [0.1, 0.15) is 17.2 Å². The first-order chi connectivity index (χ1) is 9.54. The van der Waals surface area contributed by atoms with Crippen LogP contribution in [0.25, 0.3) is 0 Å². The summed E-state index contributed by atoms with van der Waals surface area (Å²) in [5.74, 6) is -0.200. The highest BCUT2D eigenvalue weighted by atomic mass is 19.3. The Bertz CT molecular complexity index is 540. The number of benzene rings is 2. The molecule has 0 aliphatic carbocycles. The van der Waals surface area contributed by atoms with Crippen molar-refractivity contribution < 1.29 is 17.9 Å². The number of alkyl halides is 2. The van der Waals surface area contributed by atoms with E-state index in [1.165, 1.54) is 24.3 Å². The maximum Gasteiger partial charge on any atom is 0.387 e. The molecule has 2 N–H and O–H groups in total. The molecule has 0 amide bonds. The summed E-state index contributed by atoms with van der Waals surface area (Å²) >= 11 is 0. The van der Waals surface area contributed by atoms with E-state index < -0.39 is 6.61 Å². The van der Waals surface area contributed by atoms with Crippen LogP contribution in [0.4, 0.5) is 13.2 Å². The minimum Gasteiger partial charge on any atom is -0.435 e. The van der Waals surface area contributed by atoms with Crippen LogP contribution in [-0.2, 0) is 6.42 Å². The Morgan fingerprint density at radius 3 is 2.10 bits per heavy atom. The lowest BCUT2D eigenvalue weighted by molar-refractivity contribution is -0.0498. The molecule has 1 atom stereocenters. The Hall–Kier alpha value is -2.01. The molecular formula is C15H14F3NO. The molecule has 5 heteroatoms. The maximum atomic E-state index is 12.8. The predicted molar refractivity (Wildman–Crippen MR) is 70.1 cm³/mol. The molecule has 0 aliphatic rings. The van der Waals surface area contributed by atoms with Crippen LogP contribution >= 0.6 is 0 Å². The minimum atomic E-state index is -2.84. The average molecular weight is 281 g/mol. The zero-order chi connectivity index (χ0) is 14.5. The molecule has 0 heterocycles.